The maximum atomic E-state index is 6.43. The zero-order chi connectivity index (χ0) is 14.7. The fraction of sp³-hybridized carbons (Fsp3) is 0.722. The monoisotopic (exact) mass is 285 g/mol. The van der Waals surface area contributed by atoms with Crippen molar-refractivity contribution in [1.82, 2.24) is 9.55 Å². The van der Waals surface area contributed by atoms with Gasteiger partial charge in [-0.1, -0.05) is 44.4 Å². The third-order valence-corrected chi connectivity index (χ3v) is 5.28. The van der Waals surface area contributed by atoms with E-state index in [1.54, 1.807) is 0 Å². The number of anilines is 1. The molecule has 2 aliphatic rings. The fourth-order valence-electron chi connectivity index (χ4n) is 4.11. The molecule has 2 N–H and O–H groups in total. The third-order valence-electron chi connectivity index (χ3n) is 5.28. The molecule has 0 aromatic carbocycles. The van der Waals surface area contributed by atoms with E-state index >= 15 is 0 Å². The van der Waals surface area contributed by atoms with Crippen LogP contribution in [0.15, 0.2) is 0 Å². The Labute approximate surface area is 128 Å². The molecule has 114 valence electrons. The molecule has 0 atom stereocenters. The second-order valence-electron chi connectivity index (χ2n) is 6.70. The molecule has 0 aliphatic heterocycles. The molecule has 0 bridgehead atoms. The fourth-order valence-corrected chi connectivity index (χ4v) is 4.11. The molecule has 1 aromatic heterocycles. The maximum absolute atomic E-state index is 6.43. The largest absolute Gasteiger partial charge is 0.384 e. The highest BCUT2D eigenvalue weighted by atomic mass is 15.1. The lowest BCUT2D eigenvalue weighted by atomic mass is 9.87. The molecule has 0 saturated heterocycles. The molecule has 1 aromatic rings. The highest BCUT2D eigenvalue weighted by Crippen LogP contribution is 2.39. The van der Waals surface area contributed by atoms with Gasteiger partial charge in [0.15, 0.2) is 0 Å². The first kappa shape index (κ1) is 14.5. The molecule has 21 heavy (non-hydrogen) atoms. The number of hydrogen-bond acceptors (Lipinski definition) is 2. The molecule has 3 heteroatoms. The minimum Gasteiger partial charge on any atom is -0.384 e. The SMILES string of the molecule is C#CCn1c(C2CCCCC2)nc(C2CCCCC2)c1N. The number of hydrogen-bond donors (Lipinski definition) is 1. The zero-order valence-corrected chi connectivity index (χ0v) is 13.0. The normalized spacial score (nSPS) is 21.3. The Bertz CT molecular complexity index is 511. The quantitative estimate of drug-likeness (QED) is 0.846. The van der Waals surface area contributed by atoms with Gasteiger partial charge in [-0.05, 0) is 25.7 Å². The summed E-state index contributed by atoms with van der Waals surface area (Å²) in [6, 6.07) is 0. The molecule has 3 rings (SSSR count). The van der Waals surface area contributed by atoms with Gasteiger partial charge in [-0.25, -0.2) is 4.98 Å². The Hall–Kier alpha value is -1.43. The number of rotatable bonds is 3. The molecule has 0 amide bonds. The molecular formula is C18H27N3. The highest BCUT2D eigenvalue weighted by Gasteiger charge is 2.27. The summed E-state index contributed by atoms with van der Waals surface area (Å²) in [6.07, 6.45) is 18.5. The number of imidazole rings is 1. The summed E-state index contributed by atoms with van der Waals surface area (Å²) in [5.41, 5.74) is 7.58. The van der Waals surface area contributed by atoms with Gasteiger partial charge < -0.3 is 10.3 Å². The third kappa shape index (κ3) is 2.95. The van der Waals surface area contributed by atoms with Crippen LogP contribution >= 0.6 is 0 Å². The molecule has 2 aliphatic carbocycles. The van der Waals surface area contributed by atoms with E-state index in [0.717, 1.165) is 11.5 Å². The van der Waals surface area contributed by atoms with Crippen LogP contribution < -0.4 is 5.73 Å². The zero-order valence-electron chi connectivity index (χ0n) is 13.0. The Morgan fingerprint density at radius 1 is 1.00 bits per heavy atom. The standard InChI is InChI=1S/C18H27N3/c1-2-13-21-17(19)16(14-9-5-3-6-10-14)20-18(21)15-11-7-4-8-12-15/h1,14-15H,3-13,19H2. The van der Waals surface area contributed by atoms with Gasteiger partial charge in [-0.2, -0.15) is 0 Å². The average molecular weight is 285 g/mol. The smallest absolute Gasteiger partial charge is 0.127 e. The lowest BCUT2D eigenvalue weighted by Crippen LogP contribution is -2.13. The van der Waals surface area contributed by atoms with Gasteiger partial charge in [-0.3, -0.25) is 0 Å². The Morgan fingerprint density at radius 2 is 1.57 bits per heavy atom. The van der Waals surface area contributed by atoms with Gasteiger partial charge >= 0.3 is 0 Å². The van der Waals surface area contributed by atoms with E-state index in [1.165, 1.54) is 70.0 Å². The van der Waals surface area contributed by atoms with Gasteiger partial charge in [0.1, 0.15) is 11.6 Å². The molecule has 2 fully saturated rings. The maximum Gasteiger partial charge on any atom is 0.127 e. The van der Waals surface area contributed by atoms with E-state index in [-0.39, 0.29) is 0 Å². The van der Waals surface area contributed by atoms with Crippen molar-refractivity contribution in [3.8, 4) is 12.3 Å². The van der Waals surface area contributed by atoms with Crippen molar-refractivity contribution in [3.63, 3.8) is 0 Å². The predicted molar refractivity (Wildman–Crippen MR) is 87.1 cm³/mol. The van der Waals surface area contributed by atoms with E-state index in [4.69, 9.17) is 17.1 Å². The van der Waals surface area contributed by atoms with Crippen LogP contribution in [0, 0.1) is 12.3 Å². The van der Waals surface area contributed by atoms with E-state index < -0.39 is 0 Å². The highest BCUT2D eigenvalue weighted by molar-refractivity contribution is 5.42. The number of nitrogen functional groups attached to an aromatic ring is 1. The van der Waals surface area contributed by atoms with Crippen LogP contribution in [0.3, 0.4) is 0 Å². The van der Waals surface area contributed by atoms with Crippen molar-refractivity contribution in [3.05, 3.63) is 11.5 Å². The van der Waals surface area contributed by atoms with Crippen molar-refractivity contribution < 1.29 is 0 Å². The van der Waals surface area contributed by atoms with Gasteiger partial charge in [0.25, 0.3) is 0 Å². The minimum atomic E-state index is 0.556. The van der Waals surface area contributed by atoms with Crippen molar-refractivity contribution in [2.75, 3.05) is 5.73 Å². The number of nitrogens with zero attached hydrogens (tertiary/aromatic N) is 2. The summed E-state index contributed by atoms with van der Waals surface area (Å²) >= 11 is 0. The number of aromatic nitrogens is 2. The van der Waals surface area contributed by atoms with Crippen molar-refractivity contribution in [2.24, 2.45) is 0 Å². The second kappa shape index (κ2) is 6.56. The first-order valence-electron chi connectivity index (χ1n) is 8.60. The summed E-state index contributed by atoms with van der Waals surface area (Å²) in [4.78, 5) is 5.02. The first-order valence-corrected chi connectivity index (χ1v) is 8.60. The molecule has 0 radical (unpaired) electrons. The lowest BCUT2D eigenvalue weighted by Gasteiger charge is -2.21. The number of nitrogens with two attached hydrogens (primary N) is 1. The topological polar surface area (TPSA) is 43.8 Å². The first-order chi connectivity index (χ1) is 10.3. The summed E-state index contributed by atoms with van der Waals surface area (Å²) in [6.45, 7) is 0.567. The van der Waals surface area contributed by atoms with Crippen molar-refractivity contribution in [2.45, 2.75) is 82.6 Å². The minimum absolute atomic E-state index is 0.556. The van der Waals surface area contributed by atoms with E-state index in [9.17, 15) is 0 Å². The van der Waals surface area contributed by atoms with Gasteiger partial charge in [0.05, 0.1) is 12.2 Å². The van der Waals surface area contributed by atoms with Gasteiger partial charge in [0, 0.05) is 11.8 Å². The Balaban J connectivity index is 1.92. The van der Waals surface area contributed by atoms with Crippen molar-refractivity contribution >= 4 is 5.82 Å². The lowest BCUT2D eigenvalue weighted by molar-refractivity contribution is 0.416. The van der Waals surface area contributed by atoms with E-state index in [1.807, 2.05) is 0 Å². The Kier molecular flexibility index (Phi) is 4.53. The second-order valence-corrected chi connectivity index (χ2v) is 6.70. The van der Waals surface area contributed by atoms with Crippen LogP contribution in [-0.2, 0) is 6.54 Å². The van der Waals surface area contributed by atoms with E-state index in [2.05, 4.69) is 10.5 Å². The van der Waals surface area contributed by atoms with Gasteiger partial charge in [-0.15, -0.1) is 6.42 Å². The molecule has 3 nitrogen and oxygen atoms in total. The van der Waals surface area contributed by atoms with Crippen LogP contribution in [0.2, 0.25) is 0 Å². The summed E-state index contributed by atoms with van der Waals surface area (Å²) in [5.74, 6) is 5.90. The van der Waals surface area contributed by atoms with Crippen LogP contribution in [0.4, 0.5) is 5.82 Å². The molecule has 1 heterocycles. The number of terminal acetylenes is 1. The molecule has 2 saturated carbocycles. The van der Waals surface area contributed by atoms with Crippen LogP contribution in [0.25, 0.3) is 0 Å². The van der Waals surface area contributed by atoms with Crippen LogP contribution in [0.5, 0.6) is 0 Å². The average Bonchev–Trinajstić information content (AvgIpc) is 2.87. The summed E-state index contributed by atoms with van der Waals surface area (Å²) < 4.78 is 2.12. The van der Waals surface area contributed by atoms with Crippen LogP contribution in [0.1, 0.15) is 87.6 Å². The van der Waals surface area contributed by atoms with Crippen molar-refractivity contribution in [1.29, 1.82) is 0 Å². The molecular weight excluding hydrogens is 258 g/mol. The van der Waals surface area contributed by atoms with Crippen LogP contribution in [-0.4, -0.2) is 9.55 Å². The molecule has 0 spiro atoms. The summed E-state index contributed by atoms with van der Waals surface area (Å²) in [5, 5.41) is 0. The molecule has 0 unspecified atom stereocenters. The summed E-state index contributed by atoms with van der Waals surface area (Å²) in [7, 11) is 0. The Morgan fingerprint density at radius 3 is 2.14 bits per heavy atom. The van der Waals surface area contributed by atoms with Gasteiger partial charge in [0.2, 0.25) is 0 Å². The van der Waals surface area contributed by atoms with E-state index in [0.29, 0.717) is 18.4 Å². The predicted octanol–water partition coefficient (Wildman–Crippen LogP) is 4.19.